The van der Waals surface area contributed by atoms with Gasteiger partial charge in [0.15, 0.2) is 0 Å². The van der Waals surface area contributed by atoms with E-state index in [1.165, 1.54) is 5.69 Å². The van der Waals surface area contributed by atoms with Crippen LogP contribution in [-0.4, -0.2) is 26.4 Å². The monoisotopic (exact) mass is 289 g/mol. The van der Waals surface area contributed by atoms with E-state index in [1.54, 1.807) is 11.7 Å². The fourth-order valence-electron chi connectivity index (χ4n) is 2.30. The predicted octanol–water partition coefficient (Wildman–Crippen LogP) is 2.21. The van der Waals surface area contributed by atoms with E-state index in [1.807, 2.05) is 39.2 Å². The molecule has 0 aliphatic carbocycles. The van der Waals surface area contributed by atoms with Crippen molar-refractivity contribution >= 4 is 11.8 Å². The van der Waals surface area contributed by atoms with Crippen molar-refractivity contribution in [3.63, 3.8) is 0 Å². The van der Waals surface area contributed by atoms with E-state index in [0.717, 1.165) is 18.5 Å². The van der Waals surface area contributed by atoms with Crippen molar-refractivity contribution in [1.82, 2.24) is 19.7 Å². The second kappa shape index (κ2) is 6.47. The molecule has 2 aromatic heterocycles. The number of nitrogens with zero attached hydrogens (tertiary/aromatic N) is 3. The maximum absolute atomic E-state index is 11.9. The molecule has 2 aromatic rings. The van der Waals surface area contributed by atoms with Gasteiger partial charge < -0.3 is 9.88 Å². The van der Waals surface area contributed by atoms with Gasteiger partial charge in [-0.05, 0) is 38.8 Å². The van der Waals surface area contributed by atoms with Crippen LogP contribution in [0.3, 0.4) is 0 Å². The van der Waals surface area contributed by atoms with Crippen molar-refractivity contribution in [2.45, 2.75) is 32.7 Å². The first-order chi connectivity index (χ1) is 9.95. The Morgan fingerprint density at radius 3 is 2.76 bits per heavy atom. The highest BCUT2D eigenvalue weighted by Gasteiger charge is 2.10. The molecule has 0 spiro atoms. The number of urea groups is 1. The summed E-state index contributed by atoms with van der Waals surface area (Å²) in [6.07, 6.45) is 3.87. The first-order valence-corrected chi connectivity index (χ1v) is 7.14. The van der Waals surface area contributed by atoms with Crippen molar-refractivity contribution in [2.24, 2.45) is 14.1 Å². The molecular formula is C15H23N5O. The number of hydrogen-bond acceptors (Lipinski definition) is 2. The van der Waals surface area contributed by atoms with Crippen molar-refractivity contribution in [2.75, 3.05) is 5.32 Å². The van der Waals surface area contributed by atoms with E-state index in [4.69, 9.17) is 0 Å². The molecule has 0 unspecified atom stereocenters. The SMILES string of the molecule is Cc1cc(NC(=O)N[C@H](C)CCc2cccn2C)n(C)n1. The molecule has 0 radical (unpaired) electrons. The summed E-state index contributed by atoms with van der Waals surface area (Å²) in [7, 11) is 3.84. The highest BCUT2D eigenvalue weighted by Crippen LogP contribution is 2.08. The zero-order chi connectivity index (χ0) is 15.4. The molecule has 0 aliphatic heterocycles. The van der Waals surface area contributed by atoms with Crippen LogP contribution in [0.2, 0.25) is 0 Å². The molecule has 6 nitrogen and oxygen atoms in total. The molecule has 1 atom stereocenters. The van der Waals surface area contributed by atoms with Gasteiger partial charge in [0.1, 0.15) is 5.82 Å². The molecule has 21 heavy (non-hydrogen) atoms. The highest BCUT2D eigenvalue weighted by atomic mass is 16.2. The zero-order valence-electron chi connectivity index (χ0n) is 13.1. The lowest BCUT2D eigenvalue weighted by Crippen LogP contribution is -2.36. The summed E-state index contributed by atoms with van der Waals surface area (Å²) < 4.78 is 3.76. The van der Waals surface area contributed by atoms with Gasteiger partial charge >= 0.3 is 6.03 Å². The molecule has 2 rings (SSSR count). The second-order valence-electron chi connectivity index (χ2n) is 5.44. The molecule has 0 fully saturated rings. The molecule has 0 aliphatic rings. The molecule has 6 heteroatoms. The number of anilines is 1. The van der Waals surface area contributed by atoms with Crippen LogP contribution in [0.5, 0.6) is 0 Å². The Morgan fingerprint density at radius 2 is 2.19 bits per heavy atom. The van der Waals surface area contributed by atoms with Gasteiger partial charge in [-0.1, -0.05) is 0 Å². The van der Waals surface area contributed by atoms with E-state index in [2.05, 4.69) is 26.4 Å². The average Bonchev–Trinajstić information content (AvgIpc) is 2.93. The van der Waals surface area contributed by atoms with Crippen LogP contribution in [0, 0.1) is 6.92 Å². The number of carbonyl (C=O) groups is 1. The molecule has 0 bridgehead atoms. The summed E-state index contributed by atoms with van der Waals surface area (Å²) in [6, 6.07) is 5.89. The van der Waals surface area contributed by atoms with Crippen LogP contribution in [0.25, 0.3) is 0 Å². The maximum Gasteiger partial charge on any atom is 0.320 e. The highest BCUT2D eigenvalue weighted by molar-refractivity contribution is 5.88. The average molecular weight is 289 g/mol. The number of rotatable bonds is 5. The number of amides is 2. The molecule has 114 valence electrons. The first kappa shape index (κ1) is 15.2. The van der Waals surface area contributed by atoms with E-state index >= 15 is 0 Å². The van der Waals surface area contributed by atoms with Gasteiger partial charge in [0.2, 0.25) is 0 Å². The molecular weight excluding hydrogens is 266 g/mol. The standard InChI is InChI=1S/C15H23N5O/c1-11(7-8-13-6-5-9-19(13)3)16-15(21)17-14-10-12(2)18-20(14)4/h5-6,9-11H,7-8H2,1-4H3,(H2,16,17,21)/t11-/m1/s1. The molecule has 2 N–H and O–H groups in total. The maximum atomic E-state index is 11.9. The third-order valence-corrected chi connectivity index (χ3v) is 3.51. The predicted molar refractivity (Wildman–Crippen MR) is 83.3 cm³/mol. The van der Waals surface area contributed by atoms with E-state index < -0.39 is 0 Å². The zero-order valence-corrected chi connectivity index (χ0v) is 13.1. The third-order valence-electron chi connectivity index (χ3n) is 3.51. The van der Waals surface area contributed by atoms with Crippen LogP contribution in [0.1, 0.15) is 24.7 Å². The van der Waals surface area contributed by atoms with Crippen LogP contribution >= 0.6 is 0 Å². The van der Waals surface area contributed by atoms with Gasteiger partial charge in [0, 0.05) is 38.1 Å². The molecule has 2 heterocycles. The molecule has 0 aromatic carbocycles. The number of aromatic nitrogens is 3. The lowest BCUT2D eigenvalue weighted by molar-refractivity contribution is 0.248. The number of aryl methyl sites for hydroxylation is 4. The molecule has 0 saturated heterocycles. The van der Waals surface area contributed by atoms with Crippen molar-refractivity contribution in [1.29, 1.82) is 0 Å². The minimum absolute atomic E-state index is 0.106. The molecule has 0 saturated carbocycles. The van der Waals surface area contributed by atoms with Gasteiger partial charge in [-0.15, -0.1) is 0 Å². The van der Waals surface area contributed by atoms with Crippen molar-refractivity contribution in [3.8, 4) is 0 Å². The fraction of sp³-hybridized carbons (Fsp3) is 0.467. The minimum Gasteiger partial charge on any atom is -0.354 e. The Morgan fingerprint density at radius 1 is 1.43 bits per heavy atom. The number of carbonyl (C=O) groups excluding carboxylic acids is 1. The van der Waals surface area contributed by atoms with E-state index in [-0.39, 0.29) is 12.1 Å². The van der Waals surface area contributed by atoms with Crippen molar-refractivity contribution in [3.05, 3.63) is 35.8 Å². The topological polar surface area (TPSA) is 63.9 Å². The summed E-state index contributed by atoms with van der Waals surface area (Å²) in [4.78, 5) is 11.9. The minimum atomic E-state index is -0.197. The smallest absolute Gasteiger partial charge is 0.320 e. The Hall–Kier alpha value is -2.24. The third kappa shape index (κ3) is 4.11. The second-order valence-corrected chi connectivity index (χ2v) is 5.44. The van der Waals surface area contributed by atoms with Crippen LogP contribution in [-0.2, 0) is 20.5 Å². The summed E-state index contributed by atoms with van der Waals surface area (Å²) >= 11 is 0. The Balaban J connectivity index is 1.79. The van der Waals surface area contributed by atoms with Gasteiger partial charge in [0.25, 0.3) is 0 Å². The quantitative estimate of drug-likeness (QED) is 0.886. The van der Waals surface area contributed by atoms with Crippen LogP contribution < -0.4 is 10.6 Å². The van der Waals surface area contributed by atoms with Gasteiger partial charge in [0.05, 0.1) is 5.69 Å². The summed E-state index contributed by atoms with van der Waals surface area (Å²) in [5.41, 5.74) is 2.15. The van der Waals surface area contributed by atoms with E-state index in [9.17, 15) is 4.79 Å². The Labute approximate surface area is 125 Å². The van der Waals surface area contributed by atoms with Crippen molar-refractivity contribution < 1.29 is 4.79 Å². The number of hydrogen-bond donors (Lipinski definition) is 2. The lowest BCUT2D eigenvalue weighted by Gasteiger charge is -2.15. The Kier molecular flexibility index (Phi) is 4.67. The van der Waals surface area contributed by atoms with Gasteiger partial charge in [-0.2, -0.15) is 5.10 Å². The van der Waals surface area contributed by atoms with Gasteiger partial charge in [-0.25, -0.2) is 4.79 Å². The Bertz CT molecular complexity index is 613. The summed E-state index contributed by atoms with van der Waals surface area (Å²) in [5.74, 6) is 0.694. The van der Waals surface area contributed by atoms with Gasteiger partial charge in [-0.3, -0.25) is 10.00 Å². The number of nitrogens with one attached hydrogen (secondary N) is 2. The lowest BCUT2D eigenvalue weighted by atomic mass is 10.1. The normalized spacial score (nSPS) is 12.2. The summed E-state index contributed by atoms with van der Waals surface area (Å²) in [6.45, 7) is 3.91. The van der Waals surface area contributed by atoms with E-state index in [0.29, 0.717) is 5.82 Å². The van der Waals surface area contributed by atoms with Crippen LogP contribution in [0.15, 0.2) is 24.4 Å². The largest absolute Gasteiger partial charge is 0.354 e. The molecule has 2 amide bonds. The first-order valence-electron chi connectivity index (χ1n) is 7.14. The van der Waals surface area contributed by atoms with Crippen LogP contribution in [0.4, 0.5) is 10.6 Å². The fourth-order valence-corrected chi connectivity index (χ4v) is 2.30. The summed E-state index contributed by atoms with van der Waals surface area (Å²) in [5, 5.41) is 9.95.